The largest absolute Gasteiger partial charge is 0.334 e. The van der Waals surface area contributed by atoms with Gasteiger partial charge in [-0.05, 0) is 29.8 Å². The highest BCUT2D eigenvalue weighted by Crippen LogP contribution is 2.10. The number of rotatable bonds is 4. The number of pyridine rings is 1. The number of hydrogen-bond acceptors (Lipinski definition) is 5. The molecule has 2 rings (SSSR count). The molecule has 0 aliphatic rings. The Bertz CT molecular complexity index is 715. The summed E-state index contributed by atoms with van der Waals surface area (Å²) in [6.45, 7) is 0.313. The van der Waals surface area contributed by atoms with Crippen molar-refractivity contribution >= 4 is 21.9 Å². The van der Waals surface area contributed by atoms with Crippen LogP contribution in [-0.2, 0) is 16.6 Å². The van der Waals surface area contributed by atoms with Gasteiger partial charge < -0.3 is 5.73 Å². The molecule has 2 amide bonds. The number of sulfonamides is 1. The van der Waals surface area contributed by atoms with Gasteiger partial charge in [-0.15, -0.1) is 0 Å². The van der Waals surface area contributed by atoms with E-state index < -0.39 is 16.1 Å². The number of nitrogens with zero attached hydrogens (tertiary/aromatic N) is 1. The van der Waals surface area contributed by atoms with Crippen LogP contribution in [0.25, 0.3) is 0 Å². The Morgan fingerprint density at radius 1 is 1.14 bits per heavy atom. The summed E-state index contributed by atoms with van der Waals surface area (Å²) in [6, 6.07) is 9.97. The van der Waals surface area contributed by atoms with Gasteiger partial charge in [0.1, 0.15) is 5.82 Å². The van der Waals surface area contributed by atoms with Crippen LogP contribution in [0.15, 0.2) is 53.6 Å². The van der Waals surface area contributed by atoms with Gasteiger partial charge in [0.15, 0.2) is 0 Å². The van der Waals surface area contributed by atoms with Crippen LogP contribution in [-0.4, -0.2) is 19.4 Å². The zero-order chi connectivity index (χ0) is 15.3. The van der Waals surface area contributed by atoms with Gasteiger partial charge in [0.05, 0.1) is 4.90 Å². The molecule has 7 nitrogen and oxygen atoms in total. The first kappa shape index (κ1) is 14.9. The van der Waals surface area contributed by atoms with E-state index >= 15 is 0 Å². The van der Waals surface area contributed by atoms with E-state index in [1.807, 2.05) is 4.72 Å². The Balaban J connectivity index is 2.07. The minimum absolute atomic E-state index is 0.0177. The van der Waals surface area contributed by atoms with Crippen molar-refractivity contribution in [2.75, 3.05) is 5.32 Å². The Kier molecular flexibility index (Phi) is 4.51. The average Bonchev–Trinajstić information content (AvgIpc) is 2.47. The summed E-state index contributed by atoms with van der Waals surface area (Å²) in [5.74, 6) is 0.253. The summed E-state index contributed by atoms with van der Waals surface area (Å²) in [5.41, 5.74) is 6.24. The molecule has 0 saturated heterocycles. The molecule has 8 heteroatoms. The maximum absolute atomic E-state index is 12.0. The minimum Gasteiger partial charge on any atom is -0.326 e. The quantitative estimate of drug-likeness (QED) is 0.781. The Hall–Kier alpha value is -2.45. The van der Waals surface area contributed by atoms with Crippen LogP contribution in [0.5, 0.6) is 0 Å². The number of anilines is 1. The van der Waals surface area contributed by atoms with Crippen molar-refractivity contribution in [3.8, 4) is 0 Å². The Labute approximate surface area is 122 Å². The highest BCUT2D eigenvalue weighted by Gasteiger charge is 2.17. The van der Waals surface area contributed by atoms with Gasteiger partial charge in [-0.25, -0.2) is 22.9 Å². The number of nitrogens with two attached hydrogens (primary N) is 1. The summed E-state index contributed by atoms with van der Waals surface area (Å²) in [6.07, 6.45) is 1.48. The predicted molar refractivity (Wildman–Crippen MR) is 77.9 cm³/mol. The second-order valence-electron chi connectivity index (χ2n) is 4.12. The van der Waals surface area contributed by atoms with Crippen molar-refractivity contribution < 1.29 is 13.2 Å². The molecule has 1 heterocycles. The third-order valence-electron chi connectivity index (χ3n) is 2.60. The summed E-state index contributed by atoms with van der Waals surface area (Å²) < 4.78 is 25.9. The molecule has 0 aliphatic carbocycles. The second kappa shape index (κ2) is 6.33. The number of carbonyl (C=O) groups is 1. The van der Waals surface area contributed by atoms with Crippen LogP contribution < -0.4 is 15.8 Å². The summed E-state index contributed by atoms with van der Waals surface area (Å²) in [4.78, 5) is 15.5. The minimum atomic E-state index is -3.94. The van der Waals surface area contributed by atoms with Crippen LogP contribution in [0.4, 0.5) is 10.6 Å². The van der Waals surface area contributed by atoms with Crippen LogP contribution in [0.1, 0.15) is 5.56 Å². The number of amides is 2. The number of carbonyl (C=O) groups excluding carboxylic acids is 1. The van der Waals surface area contributed by atoms with Crippen LogP contribution >= 0.6 is 0 Å². The molecule has 110 valence electrons. The summed E-state index contributed by atoms with van der Waals surface area (Å²) in [7, 11) is -3.94. The van der Waals surface area contributed by atoms with Gasteiger partial charge in [-0.1, -0.05) is 18.2 Å². The summed E-state index contributed by atoms with van der Waals surface area (Å²) >= 11 is 0. The lowest BCUT2D eigenvalue weighted by Crippen LogP contribution is -2.34. The monoisotopic (exact) mass is 306 g/mol. The van der Waals surface area contributed by atoms with E-state index in [1.165, 1.54) is 18.3 Å². The normalized spacial score (nSPS) is 10.9. The molecule has 0 radical (unpaired) electrons. The average molecular weight is 306 g/mol. The second-order valence-corrected chi connectivity index (χ2v) is 5.81. The number of hydrogen-bond donors (Lipinski definition) is 3. The van der Waals surface area contributed by atoms with E-state index in [0.717, 1.165) is 5.56 Å². The number of nitrogens with one attached hydrogen (secondary N) is 2. The van der Waals surface area contributed by atoms with Crippen molar-refractivity contribution in [3.05, 3.63) is 54.2 Å². The molecule has 1 aromatic heterocycles. The first-order valence-corrected chi connectivity index (χ1v) is 7.53. The molecule has 0 atom stereocenters. The molecule has 4 N–H and O–H groups in total. The molecule has 0 saturated carbocycles. The standard InChI is InChI=1S/C13H14N4O3S/c14-9-10-4-6-11(7-5-10)21(19,20)17-13(18)16-12-3-1-2-8-15-12/h1-8H,9,14H2,(H2,15,16,17,18). The number of aromatic nitrogens is 1. The van der Waals surface area contributed by atoms with Gasteiger partial charge in [0.2, 0.25) is 0 Å². The molecule has 1 aromatic carbocycles. The van der Waals surface area contributed by atoms with Crippen molar-refractivity contribution in [2.24, 2.45) is 5.73 Å². The lowest BCUT2D eigenvalue weighted by atomic mass is 10.2. The Morgan fingerprint density at radius 3 is 2.43 bits per heavy atom. The lowest BCUT2D eigenvalue weighted by molar-refractivity contribution is 0.256. The van der Waals surface area contributed by atoms with Crippen LogP contribution in [0.2, 0.25) is 0 Å². The molecule has 0 spiro atoms. The van der Waals surface area contributed by atoms with E-state index in [4.69, 9.17) is 5.73 Å². The number of urea groups is 1. The van der Waals surface area contributed by atoms with E-state index in [2.05, 4.69) is 10.3 Å². The lowest BCUT2D eigenvalue weighted by Gasteiger charge is -2.08. The molecule has 2 aromatic rings. The first-order valence-electron chi connectivity index (χ1n) is 6.05. The third kappa shape index (κ3) is 4.01. The topological polar surface area (TPSA) is 114 Å². The van der Waals surface area contributed by atoms with Crippen molar-refractivity contribution in [2.45, 2.75) is 11.4 Å². The zero-order valence-corrected chi connectivity index (χ0v) is 11.8. The molecule has 0 unspecified atom stereocenters. The van der Waals surface area contributed by atoms with E-state index in [9.17, 15) is 13.2 Å². The molecule has 0 aliphatic heterocycles. The number of benzene rings is 1. The van der Waals surface area contributed by atoms with Crippen molar-refractivity contribution in [1.29, 1.82) is 0 Å². The SMILES string of the molecule is NCc1ccc(S(=O)(=O)NC(=O)Nc2ccccn2)cc1. The maximum Gasteiger partial charge on any atom is 0.334 e. The molecule has 0 fully saturated rings. The summed E-state index contributed by atoms with van der Waals surface area (Å²) in [5, 5.41) is 2.33. The molecular weight excluding hydrogens is 292 g/mol. The van der Waals surface area contributed by atoms with Gasteiger partial charge in [-0.2, -0.15) is 0 Å². The van der Waals surface area contributed by atoms with Crippen molar-refractivity contribution in [1.82, 2.24) is 9.71 Å². The van der Waals surface area contributed by atoms with Crippen molar-refractivity contribution in [3.63, 3.8) is 0 Å². The fraction of sp³-hybridized carbons (Fsp3) is 0.0769. The van der Waals surface area contributed by atoms with Crippen LogP contribution in [0, 0.1) is 0 Å². The van der Waals surface area contributed by atoms with Gasteiger partial charge in [0, 0.05) is 12.7 Å². The van der Waals surface area contributed by atoms with Crippen LogP contribution in [0.3, 0.4) is 0 Å². The molecule has 0 bridgehead atoms. The van der Waals surface area contributed by atoms with Gasteiger partial charge in [-0.3, -0.25) is 5.32 Å². The third-order valence-corrected chi connectivity index (χ3v) is 3.95. The fourth-order valence-electron chi connectivity index (χ4n) is 1.56. The molecule has 21 heavy (non-hydrogen) atoms. The maximum atomic E-state index is 12.0. The highest BCUT2D eigenvalue weighted by atomic mass is 32.2. The highest BCUT2D eigenvalue weighted by molar-refractivity contribution is 7.90. The zero-order valence-electron chi connectivity index (χ0n) is 11.0. The van der Waals surface area contributed by atoms with E-state index in [1.54, 1.807) is 30.3 Å². The predicted octanol–water partition coefficient (Wildman–Crippen LogP) is 1.05. The van der Waals surface area contributed by atoms with Gasteiger partial charge >= 0.3 is 6.03 Å². The molecular formula is C13H14N4O3S. The Morgan fingerprint density at radius 2 is 1.86 bits per heavy atom. The van der Waals surface area contributed by atoms with E-state index in [-0.39, 0.29) is 10.7 Å². The smallest absolute Gasteiger partial charge is 0.326 e. The van der Waals surface area contributed by atoms with Gasteiger partial charge in [0.25, 0.3) is 10.0 Å². The first-order chi connectivity index (χ1) is 10.0. The fourth-order valence-corrected chi connectivity index (χ4v) is 2.47. The van der Waals surface area contributed by atoms with E-state index in [0.29, 0.717) is 6.54 Å².